The van der Waals surface area contributed by atoms with E-state index in [1.54, 1.807) is 0 Å². The summed E-state index contributed by atoms with van der Waals surface area (Å²) in [6.07, 6.45) is 2.04. The molecule has 0 aliphatic heterocycles. The fraction of sp³-hybridized carbons (Fsp3) is 0.231. The molecule has 72 valence electrons. The fourth-order valence-corrected chi connectivity index (χ4v) is 1.77. The lowest BCUT2D eigenvalue weighted by atomic mass is 10.0. The molecule has 1 aromatic carbocycles. The number of nitrogens with one attached hydrogen (secondary N) is 1. The van der Waals surface area contributed by atoms with Gasteiger partial charge in [-0.15, -0.1) is 0 Å². The highest BCUT2D eigenvalue weighted by Gasteiger charge is 2.02. The van der Waals surface area contributed by atoms with E-state index in [-0.39, 0.29) is 0 Å². The lowest BCUT2D eigenvalue weighted by Crippen LogP contribution is -1.84. The Bertz CT molecular complexity index is 452. The number of aromatic amines is 1. The van der Waals surface area contributed by atoms with Crippen molar-refractivity contribution in [2.24, 2.45) is 0 Å². The minimum absolute atomic E-state index is 1.21. The molecule has 0 atom stereocenters. The quantitative estimate of drug-likeness (QED) is 0.698. The first-order valence-corrected chi connectivity index (χ1v) is 4.89. The van der Waals surface area contributed by atoms with Crippen molar-refractivity contribution in [2.45, 2.75) is 20.8 Å². The minimum atomic E-state index is 1.21. The highest BCUT2D eigenvalue weighted by atomic mass is 14.7. The maximum Gasteiger partial charge on any atom is 0.0459 e. The number of hydrogen-bond acceptors (Lipinski definition) is 0. The van der Waals surface area contributed by atoms with Gasteiger partial charge < -0.3 is 4.98 Å². The molecule has 1 N–H and O–H groups in total. The summed E-state index contributed by atoms with van der Waals surface area (Å²) in [6, 6.07) is 8.72. The maximum absolute atomic E-state index is 3.28. The van der Waals surface area contributed by atoms with Crippen LogP contribution in [0.15, 0.2) is 30.5 Å². The summed E-state index contributed by atoms with van der Waals surface area (Å²) >= 11 is 0. The zero-order chi connectivity index (χ0) is 10.1. The second-order valence-electron chi connectivity index (χ2n) is 3.91. The molecule has 1 heteroatoms. The van der Waals surface area contributed by atoms with E-state index in [9.17, 15) is 0 Å². The summed E-state index contributed by atoms with van der Waals surface area (Å²) in [7, 11) is 0. The Morgan fingerprint density at radius 1 is 0.929 bits per heavy atom. The minimum Gasteiger partial charge on any atom is -0.361 e. The molecule has 1 heterocycles. The number of aryl methyl sites for hydroxylation is 3. The fourth-order valence-electron chi connectivity index (χ4n) is 1.77. The van der Waals surface area contributed by atoms with E-state index in [0.717, 1.165) is 0 Å². The van der Waals surface area contributed by atoms with Crippen LogP contribution in [0, 0.1) is 20.8 Å². The average molecular weight is 185 g/mol. The topological polar surface area (TPSA) is 15.8 Å². The van der Waals surface area contributed by atoms with Crippen LogP contribution in [0.3, 0.4) is 0 Å². The highest BCUT2D eigenvalue weighted by molar-refractivity contribution is 5.64. The van der Waals surface area contributed by atoms with Crippen molar-refractivity contribution in [3.63, 3.8) is 0 Å². The number of H-pyrrole nitrogens is 1. The highest BCUT2D eigenvalue weighted by Crippen LogP contribution is 2.23. The predicted molar refractivity (Wildman–Crippen MR) is 60.4 cm³/mol. The second kappa shape index (κ2) is 3.33. The first-order valence-electron chi connectivity index (χ1n) is 4.89. The molecule has 0 saturated heterocycles. The van der Waals surface area contributed by atoms with Crippen molar-refractivity contribution < 1.29 is 0 Å². The monoisotopic (exact) mass is 185 g/mol. The molecule has 0 unspecified atom stereocenters. The van der Waals surface area contributed by atoms with E-state index >= 15 is 0 Å². The molecule has 0 bridgehead atoms. The molecule has 0 amide bonds. The molecule has 0 saturated carbocycles. The molecule has 1 nitrogen and oxygen atoms in total. The normalized spacial score (nSPS) is 10.5. The summed E-state index contributed by atoms with van der Waals surface area (Å²) in [5, 5.41) is 0. The average Bonchev–Trinajstić information content (AvgIpc) is 2.51. The van der Waals surface area contributed by atoms with Gasteiger partial charge >= 0.3 is 0 Å². The van der Waals surface area contributed by atoms with Gasteiger partial charge in [0.25, 0.3) is 0 Å². The third-order valence-electron chi connectivity index (χ3n) is 2.50. The van der Waals surface area contributed by atoms with Crippen molar-refractivity contribution in [1.82, 2.24) is 4.98 Å². The largest absolute Gasteiger partial charge is 0.361 e. The van der Waals surface area contributed by atoms with Gasteiger partial charge in [-0.1, -0.05) is 23.8 Å². The molecule has 2 aromatic rings. The van der Waals surface area contributed by atoms with Gasteiger partial charge in [0.05, 0.1) is 0 Å². The van der Waals surface area contributed by atoms with E-state index in [1.807, 2.05) is 6.20 Å². The Morgan fingerprint density at radius 2 is 1.71 bits per heavy atom. The van der Waals surface area contributed by atoms with E-state index in [1.165, 1.54) is 27.9 Å². The van der Waals surface area contributed by atoms with Gasteiger partial charge in [0.2, 0.25) is 0 Å². The van der Waals surface area contributed by atoms with Crippen molar-refractivity contribution in [1.29, 1.82) is 0 Å². The summed E-state index contributed by atoms with van der Waals surface area (Å²) in [5.74, 6) is 0. The summed E-state index contributed by atoms with van der Waals surface area (Å²) in [6.45, 7) is 6.37. The Kier molecular flexibility index (Phi) is 2.16. The number of rotatable bonds is 1. The Morgan fingerprint density at radius 3 is 2.29 bits per heavy atom. The Hall–Kier alpha value is -1.50. The van der Waals surface area contributed by atoms with Gasteiger partial charge in [0.15, 0.2) is 0 Å². The van der Waals surface area contributed by atoms with Gasteiger partial charge in [-0.3, -0.25) is 0 Å². The molecule has 0 fully saturated rings. The third-order valence-corrected chi connectivity index (χ3v) is 2.50. The molecule has 14 heavy (non-hydrogen) atoms. The van der Waals surface area contributed by atoms with E-state index in [2.05, 4.69) is 50.0 Å². The van der Waals surface area contributed by atoms with Gasteiger partial charge in [-0.25, -0.2) is 0 Å². The van der Waals surface area contributed by atoms with Crippen molar-refractivity contribution in [3.05, 3.63) is 47.2 Å². The third kappa shape index (κ3) is 1.58. The van der Waals surface area contributed by atoms with Crippen LogP contribution >= 0.6 is 0 Å². The maximum atomic E-state index is 3.28. The van der Waals surface area contributed by atoms with Gasteiger partial charge in [-0.2, -0.15) is 0 Å². The molecule has 0 aliphatic carbocycles. The van der Waals surface area contributed by atoms with Crippen LogP contribution < -0.4 is 0 Å². The van der Waals surface area contributed by atoms with Gasteiger partial charge in [0.1, 0.15) is 0 Å². The smallest absolute Gasteiger partial charge is 0.0459 e. The van der Waals surface area contributed by atoms with Crippen LogP contribution in [-0.4, -0.2) is 4.98 Å². The zero-order valence-electron chi connectivity index (χ0n) is 8.89. The molecule has 1 aromatic heterocycles. The van der Waals surface area contributed by atoms with E-state index < -0.39 is 0 Å². The van der Waals surface area contributed by atoms with Crippen molar-refractivity contribution in [2.75, 3.05) is 0 Å². The number of aromatic nitrogens is 1. The van der Waals surface area contributed by atoms with E-state index in [4.69, 9.17) is 0 Å². The van der Waals surface area contributed by atoms with Crippen LogP contribution in [0.5, 0.6) is 0 Å². The molecule has 0 radical (unpaired) electrons. The first-order chi connectivity index (χ1) is 6.66. The Labute approximate surface area is 84.8 Å². The van der Waals surface area contributed by atoms with Crippen LogP contribution in [0.2, 0.25) is 0 Å². The standard InChI is InChI=1S/C13H15N/c1-9-4-5-12(11(3)6-9)13-7-10(2)8-14-13/h4-8,14H,1-3H3. The zero-order valence-corrected chi connectivity index (χ0v) is 8.89. The lowest BCUT2D eigenvalue weighted by molar-refractivity contribution is 1.33. The van der Waals surface area contributed by atoms with Crippen molar-refractivity contribution >= 4 is 0 Å². The predicted octanol–water partition coefficient (Wildman–Crippen LogP) is 3.61. The van der Waals surface area contributed by atoms with Crippen LogP contribution in [0.1, 0.15) is 16.7 Å². The van der Waals surface area contributed by atoms with Crippen LogP contribution in [0.4, 0.5) is 0 Å². The molecular weight excluding hydrogens is 170 g/mol. The Balaban J connectivity index is 2.52. The van der Waals surface area contributed by atoms with Crippen LogP contribution in [0.25, 0.3) is 11.3 Å². The molecule has 0 spiro atoms. The molecule has 2 rings (SSSR count). The van der Waals surface area contributed by atoms with Gasteiger partial charge in [0, 0.05) is 17.5 Å². The second-order valence-corrected chi connectivity index (χ2v) is 3.91. The number of hydrogen-bond donors (Lipinski definition) is 1. The SMILES string of the molecule is Cc1c[nH]c(-c2ccc(C)cc2C)c1. The van der Waals surface area contributed by atoms with Crippen LogP contribution in [-0.2, 0) is 0 Å². The lowest BCUT2D eigenvalue weighted by Gasteiger charge is -2.04. The molecule has 0 aliphatic rings. The van der Waals surface area contributed by atoms with Gasteiger partial charge in [-0.05, 0) is 38.0 Å². The van der Waals surface area contributed by atoms with E-state index in [0.29, 0.717) is 0 Å². The summed E-state index contributed by atoms with van der Waals surface area (Å²) < 4.78 is 0. The first kappa shape index (κ1) is 9.07. The van der Waals surface area contributed by atoms with Crippen molar-refractivity contribution in [3.8, 4) is 11.3 Å². The summed E-state index contributed by atoms with van der Waals surface area (Å²) in [5.41, 5.74) is 6.42. The molecular formula is C13H15N. The summed E-state index contributed by atoms with van der Waals surface area (Å²) in [4.78, 5) is 3.28. The number of benzene rings is 1.